The van der Waals surface area contributed by atoms with Gasteiger partial charge in [0.05, 0.1) is 0 Å². The van der Waals surface area contributed by atoms with E-state index in [4.69, 9.17) is 0 Å². The smallest absolute Gasteiger partial charge is 0.191 e. The van der Waals surface area contributed by atoms with E-state index in [1.54, 1.807) is 14.0 Å². The van der Waals surface area contributed by atoms with Crippen LogP contribution in [0.2, 0.25) is 0 Å². The molecule has 1 aliphatic heterocycles. The molecule has 0 saturated carbocycles. The quantitative estimate of drug-likeness (QED) is 0.413. The summed E-state index contributed by atoms with van der Waals surface area (Å²) in [7, 11) is 1.78. The van der Waals surface area contributed by atoms with E-state index in [-0.39, 0.29) is 29.8 Å². The monoisotopic (exact) mass is 448 g/mol. The standard InChI is InChI=1S/C18H29FN4.HI/c1-4-23-9-5-6-16(13-23)12-22-18(20-3)21-11-15-7-8-17(19)14(2)10-15;/h7-8,10,16H,4-6,9,11-13H2,1-3H3,(H2,20,21,22);1H. The van der Waals surface area contributed by atoms with Gasteiger partial charge in [-0.3, -0.25) is 4.99 Å². The lowest BCUT2D eigenvalue weighted by atomic mass is 9.98. The third kappa shape index (κ3) is 6.55. The molecular weight excluding hydrogens is 418 g/mol. The Morgan fingerprint density at radius 1 is 1.38 bits per heavy atom. The molecule has 6 heteroatoms. The molecule has 0 bridgehead atoms. The molecule has 0 aromatic heterocycles. The lowest BCUT2D eigenvalue weighted by Crippen LogP contribution is -2.44. The Kier molecular flexibility index (Phi) is 9.58. The number of hydrogen-bond donors (Lipinski definition) is 2. The Labute approximate surface area is 162 Å². The van der Waals surface area contributed by atoms with Crippen LogP contribution < -0.4 is 10.6 Å². The Morgan fingerprint density at radius 2 is 2.17 bits per heavy atom. The van der Waals surface area contributed by atoms with Crippen molar-refractivity contribution in [3.05, 3.63) is 35.1 Å². The van der Waals surface area contributed by atoms with Crippen molar-refractivity contribution >= 4 is 29.9 Å². The third-order valence-electron chi connectivity index (χ3n) is 4.51. The predicted octanol–water partition coefficient (Wildman–Crippen LogP) is 3.15. The number of aliphatic imine (C=N–C) groups is 1. The van der Waals surface area contributed by atoms with Crippen LogP contribution in [0.4, 0.5) is 4.39 Å². The van der Waals surface area contributed by atoms with Gasteiger partial charge in [-0.05, 0) is 56.0 Å². The van der Waals surface area contributed by atoms with Crippen molar-refractivity contribution in [1.29, 1.82) is 0 Å². The maximum atomic E-state index is 13.3. The zero-order valence-corrected chi connectivity index (χ0v) is 17.3. The summed E-state index contributed by atoms with van der Waals surface area (Å²) in [6.07, 6.45) is 2.55. The summed E-state index contributed by atoms with van der Waals surface area (Å²) in [5, 5.41) is 6.72. The molecule has 0 aliphatic carbocycles. The lowest BCUT2D eigenvalue weighted by molar-refractivity contribution is 0.183. The molecule has 0 radical (unpaired) electrons. The predicted molar refractivity (Wildman–Crippen MR) is 110 cm³/mol. The first-order valence-corrected chi connectivity index (χ1v) is 8.54. The summed E-state index contributed by atoms with van der Waals surface area (Å²) in [5.41, 5.74) is 1.73. The van der Waals surface area contributed by atoms with Gasteiger partial charge in [0.2, 0.25) is 0 Å². The summed E-state index contributed by atoms with van der Waals surface area (Å²) in [4.78, 5) is 6.78. The van der Waals surface area contributed by atoms with Gasteiger partial charge < -0.3 is 15.5 Å². The molecule has 1 aromatic carbocycles. The van der Waals surface area contributed by atoms with Crippen LogP contribution >= 0.6 is 24.0 Å². The second-order valence-electron chi connectivity index (χ2n) is 6.29. The van der Waals surface area contributed by atoms with Gasteiger partial charge in [0.25, 0.3) is 0 Å². The molecule has 1 unspecified atom stereocenters. The summed E-state index contributed by atoms with van der Waals surface area (Å²) in [6.45, 7) is 9.12. The Bertz CT molecular complexity index is 536. The van der Waals surface area contributed by atoms with E-state index in [0.717, 1.165) is 31.2 Å². The first-order valence-electron chi connectivity index (χ1n) is 8.54. The SMILES string of the molecule is CCN1CCCC(CNC(=NC)NCc2ccc(F)c(C)c2)C1.I. The number of halogens is 2. The van der Waals surface area contributed by atoms with Crippen LogP contribution in [0, 0.1) is 18.7 Å². The number of nitrogens with one attached hydrogen (secondary N) is 2. The van der Waals surface area contributed by atoms with E-state index in [0.29, 0.717) is 18.0 Å². The highest BCUT2D eigenvalue weighted by molar-refractivity contribution is 14.0. The van der Waals surface area contributed by atoms with Crippen LogP contribution in [0.15, 0.2) is 23.2 Å². The Hall–Kier alpha value is -0.890. The molecule has 1 fully saturated rings. The molecule has 0 amide bonds. The fourth-order valence-electron chi connectivity index (χ4n) is 3.07. The maximum absolute atomic E-state index is 13.3. The van der Waals surface area contributed by atoms with Crippen molar-refractivity contribution in [3.8, 4) is 0 Å². The molecule has 0 spiro atoms. The Morgan fingerprint density at radius 3 is 2.83 bits per heavy atom. The van der Waals surface area contributed by atoms with Gasteiger partial charge in [0, 0.05) is 26.7 Å². The first-order chi connectivity index (χ1) is 11.1. The normalized spacial score (nSPS) is 18.8. The van der Waals surface area contributed by atoms with Crippen LogP contribution in [-0.2, 0) is 6.54 Å². The van der Waals surface area contributed by atoms with Crippen LogP contribution in [-0.4, -0.2) is 44.1 Å². The van der Waals surface area contributed by atoms with Crippen LogP contribution in [0.25, 0.3) is 0 Å². The molecule has 1 aliphatic rings. The number of piperidine rings is 1. The van der Waals surface area contributed by atoms with Gasteiger partial charge in [-0.2, -0.15) is 0 Å². The van der Waals surface area contributed by atoms with Gasteiger partial charge in [-0.15, -0.1) is 24.0 Å². The zero-order valence-electron chi connectivity index (χ0n) is 14.9. The first kappa shape index (κ1) is 21.2. The van der Waals surface area contributed by atoms with Crippen molar-refractivity contribution in [2.75, 3.05) is 33.2 Å². The van der Waals surface area contributed by atoms with Crippen molar-refractivity contribution in [1.82, 2.24) is 15.5 Å². The average molecular weight is 448 g/mol. The zero-order chi connectivity index (χ0) is 16.7. The molecule has 1 atom stereocenters. The minimum atomic E-state index is -0.158. The molecule has 1 saturated heterocycles. The number of benzene rings is 1. The maximum Gasteiger partial charge on any atom is 0.191 e. The van der Waals surface area contributed by atoms with E-state index >= 15 is 0 Å². The van der Waals surface area contributed by atoms with Crippen molar-refractivity contribution in [2.24, 2.45) is 10.9 Å². The minimum absolute atomic E-state index is 0. The fraction of sp³-hybridized carbons (Fsp3) is 0.611. The van der Waals surface area contributed by atoms with Gasteiger partial charge in [-0.1, -0.05) is 19.1 Å². The molecule has 4 nitrogen and oxygen atoms in total. The average Bonchev–Trinajstić information content (AvgIpc) is 2.58. The number of nitrogens with zero attached hydrogens (tertiary/aromatic N) is 2. The van der Waals surface area contributed by atoms with E-state index in [2.05, 4.69) is 27.4 Å². The number of guanidine groups is 1. The summed E-state index contributed by atoms with van der Waals surface area (Å²) < 4.78 is 13.3. The number of hydrogen-bond acceptors (Lipinski definition) is 2. The summed E-state index contributed by atoms with van der Waals surface area (Å²) in [6, 6.07) is 5.20. The second kappa shape index (κ2) is 10.9. The highest BCUT2D eigenvalue weighted by Crippen LogP contribution is 2.15. The minimum Gasteiger partial charge on any atom is -0.356 e. The van der Waals surface area contributed by atoms with E-state index in [1.807, 2.05) is 12.1 Å². The van der Waals surface area contributed by atoms with Crippen LogP contribution in [0.1, 0.15) is 30.9 Å². The second-order valence-corrected chi connectivity index (χ2v) is 6.29. The van der Waals surface area contributed by atoms with E-state index < -0.39 is 0 Å². The van der Waals surface area contributed by atoms with Gasteiger partial charge in [0.15, 0.2) is 5.96 Å². The highest BCUT2D eigenvalue weighted by atomic mass is 127. The molecule has 1 aromatic rings. The molecular formula is C18H30FIN4. The largest absolute Gasteiger partial charge is 0.356 e. The van der Waals surface area contributed by atoms with E-state index in [9.17, 15) is 4.39 Å². The van der Waals surface area contributed by atoms with Gasteiger partial charge in [0.1, 0.15) is 5.82 Å². The fourth-order valence-corrected chi connectivity index (χ4v) is 3.07. The number of rotatable bonds is 5. The Balaban J connectivity index is 0.00000288. The molecule has 24 heavy (non-hydrogen) atoms. The summed E-state index contributed by atoms with van der Waals surface area (Å²) >= 11 is 0. The topological polar surface area (TPSA) is 39.7 Å². The van der Waals surface area contributed by atoms with E-state index in [1.165, 1.54) is 25.5 Å². The van der Waals surface area contributed by atoms with Crippen LogP contribution in [0.3, 0.4) is 0 Å². The van der Waals surface area contributed by atoms with Crippen LogP contribution in [0.5, 0.6) is 0 Å². The molecule has 1 heterocycles. The molecule has 2 rings (SSSR count). The third-order valence-corrected chi connectivity index (χ3v) is 4.51. The molecule has 136 valence electrons. The van der Waals surface area contributed by atoms with Gasteiger partial charge in [-0.25, -0.2) is 4.39 Å². The van der Waals surface area contributed by atoms with Crippen molar-refractivity contribution in [3.63, 3.8) is 0 Å². The number of likely N-dealkylation sites (tertiary alicyclic amines) is 1. The summed E-state index contributed by atoms with van der Waals surface area (Å²) in [5.74, 6) is 1.32. The highest BCUT2D eigenvalue weighted by Gasteiger charge is 2.18. The molecule has 2 N–H and O–H groups in total. The van der Waals surface area contributed by atoms with Crippen molar-refractivity contribution < 1.29 is 4.39 Å². The van der Waals surface area contributed by atoms with Gasteiger partial charge >= 0.3 is 0 Å². The lowest BCUT2D eigenvalue weighted by Gasteiger charge is -2.32. The number of aryl methyl sites for hydroxylation is 1. The van der Waals surface area contributed by atoms with Crippen molar-refractivity contribution in [2.45, 2.75) is 33.2 Å².